The summed E-state index contributed by atoms with van der Waals surface area (Å²) in [5, 5.41) is 3.94. The summed E-state index contributed by atoms with van der Waals surface area (Å²) in [6, 6.07) is 29.5. The van der Waals surface area contributed by atoms with Crippen LogP contribution in [0.15, 0.2) is 119 Å². The molecule has 4 aromatic carbocycles. The standard InChI is InChI=1S/C29H25N3O6S/c1-37-27-15-9-8-14-26(27)32(39(35,36)25-12-6-3-7-13-25)21-28(33)31-30-20-22-16-18-24(19-17-22)38-29(34)23-10-4-2-5-11-23/h2-20H,21H2,1H3,(H,31,33)/b30-20-. The van der Waals surface area contributed by atoms with Crippen LogP contribution in [0.1, 0.15) is 15.9 Å². The molecule has 0 fully saturated rings. The van der Waals surface area contributed by atoms with Crippen LogP contribution >= 0.6 is 0 Å². The highest BCUT2D eigenvalue weighted by Crippen LogP contribution is 2.32. The number of rotatable bonds is 10. The Labute approximate surface area is 226 Å². The Kier molecular flexibility index (Phi) is 8.70. The highest BCUT2D eigenvalue weighted by molar-refractivity contribution is 7.92. The number of amides is 1. The lowest BCUT2D eigenvalue weighted by molar-refractivity contribution is -0.119. The zero-order chi connectivity index (χ0) is 27.7. The van der Waals surface area contributed by atoms with Gasteiger partial charge in [-0.25, -0.2) is 18.6 Å². The summed E-state index contributed by atoms with van der Waals surface area (Å²) in [5.74, 6) is -0.496. The number of benzene rings is 4. The number of hydrogen-bond acceptors (Lipinski definition) is 7. The molecule has 10 heteroatoms. The van der Waals surface area contributed by atoms with Gasteiger partial charge in [0.2, 0.25) is 0 Å². The Hall–Kier alpha value is -4.96. The number of para-hydroxylation sites is 2. The molecule has 9 nitrogen and oxygen atoms in total. The van der Waals surface area contributed by atoms with E-state index in [0.717, 1.165) is 4.31 Å². The average molecular weight is 544 g/mol. The summed E-state index contributed by atoms with van der Waals surface area (Å²) in [5.41, 5.74) is 3.62. The van der Waals surface area contributed by atoms with Crippen LogP contribution < -0.4 is 19.2 Å². The first-order valence-electron chi connectivity index (χ1n) is 11.8. The largest absolute Gasteiger partial charge is 0.495 e. The van der Waals surface area contributed by atoms with Crippen molar-refractivity contribution < 1.29 is 27.5 Å². The normalized spacial score (nSPS) is 11.1. The number of nitrogens with zero attached hydrogens (tertiary/aromatic N) is 2. The van der Waals surface area contributed by atoms with Crippen molar-refractivity contribution in [1.82, 2.24) is 5.43 Å². The first kappa shape index (κ1) is 27.1. The van der Waals surface area contributed by atoms with Gasteiger partial charge >= 0.3 is 5.97 Å². The van der Waals surface area contributed by atoms with Gasteiger partial charge in [0.1, 0.15) is 18.0 Å². The number of nitrogens with one attached hydrogen (secondary N) is 1. The van der Waals surface area contributed by atoms with Crippen molar-refractivity contribution in [3.05, 3.63) is 120 Å². The van der Waals surface area contributed by atoms with Crippen LogP contribution in [-0.4, -0.2) is 40.2 Å². The van der Waals surface area contributed by atoms with Crippen molar-refractivity contribution in [2.75, 3.05) is 18.0 Å². The summed E-state index contributed by atoms with van der Waals surface area (Å²) in [6.45, 7) is -0.538. The molecule has 0 aromatic heterocycles. The minimum absolute atomic E-state index is 0.0280. The molecule has 198 valence electrons. The molecule has 0 spiro atoms. The summed E-state index contributed by atoms with van der Waals surface area (Å²) in [4.78, 5) is 25.0. The van der Waals surface area contributed by atoms with E-state index in [1.807, 2.05) is 6.07 Å². The van der Waals surface area contributed by atoms with Crippen LogP contribution in [0.5, 0.6) is 11.5 Å². The van der Waals surface area contributed by atoms with E-state index >= 15 is 0 Å². The van der Waals surface area contributed by atoms with Gasteiger partial charge in [-0.15, -0.1) is 0 Å². The van der Waals surface area contributed by atoms with E-state index in [-0.39, 0.29) is 10.6 Å². The molecule has 0 aliphatic rings. The third kappa shape index (κ3) is 6.88. The maximum Gasteiger partial charge on any atom is 0.343 e. The molecule has 0 heterocycles. The maximum atomic E-state index is 13.4. The molecule has 0 bridgehead atoms. The van der Waals surface area contributed by atoms with Gasteiger partial charge in [0.05, 0.1) is 29.5 Å². The van der Waals surface area contributed by atoms with Gasteiger partial charge in [-0.3, -0.25) is 9.10 Å². The summed E-state index contributed by atoms with van der Waals surface area (Å²) in [7, 11) is -2.67. The van der Waals surface area contributed by atoms with E-state index < -0.39 is 28.4 Å². The Balaban J connectivity index is 1.44. The lowest BCUT2D eigenvalue weighted by Crippen LogP contribution is -2.39. The van der Waals surface area contributed by atoms with Crippen molar-refractivity contribution in [2.45, 2.75) is 4.90 Å². The van der Waals surface area contributed by atoms with Crippen molar-refractivity contribution in [3.63, 3.8) is 0 Å². The molecule has 0 saturated carbocycles. The molecule has 0 unspecified atom stereocenters. The molecular formula is C29H25N3O6S. The molecule has 4 aromatic rings. The Morgan fingerprint density at radius 1 is 0.846 bits per heavy atom. The molecule has 39 heavy (non-hydrogen) atoms. The fourth-order valence-electron chi connectivity index (χ4n) is 3.56. The van der Waals surface area contributed by atoms with Gasteiger partial charge in [-0.1, -0.05) is 48.5 Å². The second kappa shape index (κ2) is 12.5. The molecule has 0 radical (unpaired) electrons. The minimum Gasteiger partial charge on any atom is -0.495 e. The van der Waals surface area contributed by atoms with E-state index in [1.165, 1.54) is 25.5 Å². The van der Waals surface area contributed by atoms with Crippen molar-refractivity contribution in [3.8, 4) is 11.5 Å². The third-order valence-corrected chi connectivity index (χ3v) is 7.25. The van der Waals surface area contributed by atoms with Gasteiger partial charge in [-0.2, -0.15) is 5.10 Å². The molecule has 0 aliphatic heterocycles. The van der Waals surface area contributed by atoms with Gasteiger partial charge < -0.3 is 9.47 Å². The van der Waals surface area contributed by atoms with Crippen LogP contribution in [0.3, 0.4) is 0 Å². The van der Waals surface area contributed by atoms with Crippen LogP contribution in [0.4, 0.5) is 5.69 Å². The lowest BCUT2D eigenvalue weighted by atomic mass is 10.2. The number of sulfonamides is 1. The smallest absolute Gasteiger partial charge is 0.343 e. The number of methoxy groups -OCH3 is 1. The number of hydrazone groups is 1. The van der Waals surface area contributed by atoms with Crippen LogP contribution in [0, 0.1) is 0 Å². The van der Waals surface area contributed by atoms with Crippen molar-refractivity contribution >= 4 is 33.8 Å². The predicted octanol–water partition coefficient (Wildman–Crippen LogP) is 4.26. The number of esters is 1. The highest BCUT2D eigenvalue weighted by Gasteiger charge is 2.29. The topological polar surface area (TPSA) is 114 Å². The van der Waals surface area contributed by atoms with Gasteiger partial charge in [0, 0.05) is 0 Å². The van der Waals surface area contributed by atoms with E-state index in [1.54, 1.807) is 91.0 Å². The number of ether oxygens (including phenoxy) is 2. The highest BCUT2D eigenvalue weighted by atomic mass is 32.2. The maximum absolute atomic E-state index is 13.4. The molecule has 1 N–H and O–H groups in total. The fraction of sp³-hybridized carbons (Fsp3) is 0.0690. The van der Waals surface area contributed by atoms with E-state index in [2.05, 4.69) is 10.5 Å². The van der Waals surface area contributed by atoms with Gasteiger partial charge in [-0.05, 0) is 66.2 Å². The zero-order valence-corrected chi connectivity index (χ0v) is 21.7. The van der Waals surface area contributed by atoms with Crippen molar-refractivity contribution in [2.24, 2.45) is 5.10 Å². The third-order valence-electron chi connectivity index (χ3n) is 5.48. The number of hydrogen-bond donors (Lipinski definition) is 1. The summed E-state index contributed by atoms with van der Waals surface area (Å²) < 4.78 is 38.6. The molecular weight excluding hydrogens is 518 g/mol. The number of carbonyl (C=O) groups excluding carboxylic acids is 2. The SMILES string of the molecule is COc1ccccc1N(CC(=O)N/N=C\c1ccc(OC(=O)c2ccccc2)cc1)S(=O)(=O)c1ccccc1. The molecule has 0 saturated heterocycles. The van der Waals surface area contributed by atoms with E-state index in [4.69, 9.17) is 9.47 Å². The minimum atomic E-state index is -4.09. The molecule has 0 atom stereocenters. The summed E-state index contributed by atoms with van der Waals surface area (Å²) >= 11 is 0. The van der Waals surface area contributed by atoms with Gasteiger partial charge in [0.25, 0.3) is 15.9 Å². The average Bonchev–Trinajstić information content (AvgIpc) is 2.97. The molecule has 1 amide bonds. The monoisotopic (exact) mass is 543 g/mol. The molecule has 0 aliphatic carbocycles. The first-order valence-corrected chi connectivity index (χ1v) is 13.2. The molecule has 4 rings (SSSR count). The fourth-order valence-corrected chi connectivity index (χ4v) is 5.01. The predicted molar refractivity (Wildman–Crippen MR) is 148 cm³/mol. The second-order valence-electron chi connectivity index (χ2n) is 8.11. The number of carbonyl (C=O) groups is 2. The number of anilines is 1. The van der Waals surface area contributed by atoms with Crippen LogP contribution in [0.2, 0.25) is 0 Å². The Morgan fingerprint density at radius 3 is 2.13 bits per heavy atom. The lowest BCUT2D eigenvalue weighted by Gasteiger charge is -2.25. The van der Waals surface area contributed by atoms with Crippen LogP contribution in [-0.2, 0) is 14.8 Å². The zero-order valence-electron chi connectivity index (χ0n) is 20.9. The van der Waals surface area contributed by atoms with E-state index in [0.29, 0.717) is 22.6 Å². The van der Waals surface area contributed by atoms with E-state index in [9.17, 15) is 18.0 Å². The van der Waals surface area contributed by atoms with Crippen LogP contribution in [0.25, 0.3) is 0 Å². The first-order chi connectivity index (χ1) is 18.9. The van der Waals surface area contributed by atoms with Gasteiger partial charge in [0.15, 0.2) is 0 Å². The Bertz CT molecular complexity index is 1560. The second-order valence-corrected chi connectivity index (χ2v) is 9.98. The quantitative estimate of drug-likeness (QED) is 0.138. The Morgan fingerprint density at radius 2 is 1.46 bits per heavy atom. The summed E-state index contributed by atoms with van der Waals surface area (Å²) in [6.07, 6.45) is 1.39. The van der Waals surface area contributed by atoms with Crippen molar-refractivity contribution in [1.29, 1.82) is 0 Å².